The van der Waals surface area contributed by atoms with Crippen LogP contribution in [0.25, 0.3) is 0 Å². The van der Waals surface area contributed by atoms with Gasteiger partial charge >= 0.3 is 5.97 Å². The number of nitrogens with zero attached hydrogens (tertiary/aromatic N) is 1. The van der Waals surface area contributed by atoms with Crippen LogP contribution in [-0.4, -0.2) is 25.0 Å². The van der Waals surface area contributed by atoms with Crippen LogP contribution >= 0.6 is 22.6 Å². The Labute approximate surface area is 146 Å². The number of para-hydroxylation sites is 1. The summed E-state index contributed by atoms with van der Waals surface area (Å²) in [5.41, 5.74) is 1.96. The highest BCUT2D eigenvalue weighted by molar-refractivity contribution is 14.1. The Morgan fingerprint density at radius 3 is 2.70 bits per heavy atom. The van der Waals surface area contributed by atoms with E-state index in [1.165, 1.54) is 30.2 Å². The number of anilines is 1. The molecule has 1 aliphatic heterocycles. The normalized spacial score (nSPS) is 16.1. The van der Waals surface area contributed by atoms with Crippen molar-refractivity contribution in [1.29, 1.82) is 0 Å². The van der Waals surface area contributed by atoms with E-state index in [1.807, 2.05) is 40.8 Å². The van der Waals surface area contributed by atoms with E-state index < -0.39 is 17.8 Å². The Hall–Kier alpha value is -1.96. The predicted octanol–water partition coefficient (Wildman–Crippen LogP) is 3.17. The minimum absolute atomic E-state index is 0.338. The molecule has 1 atom stereocenters. The molecule has 6 heteroatoms. The number of rotatable bonds is 2. The number of carbonyl (C=O) groups is 2. The highest BCUT2D eigenvalue weighted by atomic mass is 127. The van der Waals surface area contributed by atoms with Crippen LogP contribution in [0.1, 0.15) is 15.9 Å². The summed E-state index contributed by atoms with van der Waals surface area (Å²) in [5, 5.41) is 0. The van der Waals surface area contributed by atoms with Gasteiger partial charge in [0.25, 0.3) is 5.91 Å². The number of hydrogen-bond acceptors (Lipinski definition) is 3. The van der Waals surface area contributed by atoms with Gasteiger partial charge in [-0.1, -0.05) is 18.2 Å². The number of fused-ring (bicyclic) bond motifs is 1. The molecule has 0 N–H and O–H groups in total. The number of halogens is 2. The van der Waals surface area contributed by atoms with Crippen LogP contribution in [0.2, 0.25) is 0 Å². The highest BCUT2D eigenvalue weighted by Crippen LogP contribution is 2.34. The highest BCUT2D eigenvalue weighted by Gasteiger charge is 2.39. The maximum absolute atomic E-state index is 13.3. The fourth-order valence-corrected chi connectivity index (χ4v) is 3.46. The number of amides is 1. The molecule has 23 heavy (non-hydrogen) atoms. The van der Waals surface area contributed by atoms with Gasteiger partial charge in [0.15, 0.2) is 0 Å². The molecule has 0 fully saturated rings. The second-order valence-electron chi connectivity index (χ2n) is 5.17. The average molecular weight is 425 g/mol. The van der Waals surface area contributed by atoms with Gasteiger partial charge in [-0.2, -0.15) is 0 Å². The quantitative estimate of drug-likeness (QED) is 0.549. The smallest absolute Gasteiger partial charge is 0.329 e. The molecular formula is C17H13FINO3. The first-order valence-electron chi connectivity index (χ1n) is 6.97. The number of methoxy groups -OCH3 is 1. The summed E-state index contributed by atoms with van der Waals surface area (Å²) in [6, 6.07) is 10.6. The van der Waals surface area contributed by atoms with E-state index in [4.69, 9.17) is 4.74 Å². The second-order valence-corrected chi connectivity index (χ2v) is 6.33. The minimum Gasteiger partial charge on any atom is -0.467 e. The molecular weight excluding hydrogens is 412 g/mol. The van der Waals surface area contributed by atoms with E-state index in [-0.39, 0.29) is 5.91 Å². The topological polar surface area (TPSA) is 46.6 Å². The van der Waals surface area contributed by atoms with Crippen LogP contribution in [0.5, 0.6) is 0 Å². The van der Waals surface area contributed by atoms with Gasteiger partial charge in [0.05, 0.1) is 12.7 Å². The van der Waals surface area contributed by atoms with Gasteiger partial charge in [0, 0.05) is 15.7 Å². The van der Waals surface area contributed by atoms with Crippen molar-refractivity contribution in [2.45, 2.75) is 12.5 Å². The number of hydrogen-bond donors (Lipinski definition) is 0. The number of benzene rings is 2. The van der Waals surface area contributed by atoms with Gasteiger partial charge < -0.3 is 4.74 Å². The van der Waals surface area contributed by atoms with Crippen molar-refractivity contribution in [1.82, 2.24) is 0 Å². The maximum Gasteiger partial charge on any atom is 0.329 e. The Morgan fingerprint density at radius 1 is 1.26 bits per heavy atom. The molecule has 0 saturated carbocycles. The van der Waals surface area contributed by atoms with Crippen molar-refractivity contribution in [3.63, 3.8) is 0 Å². The molecule has 2 aromatic rings. The summed E-state index contributed by atoms with van der Waals surface area (Å²) in [4.78, 5) is 26.5. The van der Waals surface area contributed by atoms with E-state index in [9.17, 15) is 14.0 Å². The Bertz CT molecular complexity index is 793. The molecule has 118 valence electrons. The lowest BCUT2D eigenvalue weighted by molar-refractivity contribution is -0.141. The van der Waals surface area contributed by atoms with Gasteiger partial charge in [0.2, 0.25) is 0 Å². The van der Waals surface area contributed by atoms with Crippen LogP contribution in [0.15, 0.2) is 42.5 Å². The molecule has 1 heterocycles. The van der Waals surface area contributed by atoms with Gasteiger partial charge in [-0.25, -0.2) is 9.18 Å². The molecule has 2 aromatic carbocycles. The molecule has 0 radical (unpaired) electrons. The van der Waals surface area contributed by atoms with Crippen molar-refractivity contribution in [3.05, 3.63) is 63.0 Å². The fraction of sp³-hybridized carbons (Fsp3) is 0.176. The zero-order valence-electron chi connectivity index (χ0n) is 12.3. The maximum atomic E-state index is 13.3. The molecule has 0 spiro atoms. The zero-order chi connectivity index (χ0) is 16.6. The van der Waals surface area contributed by atoms with E-state index in [1.54, 1.807) is 6.07 Å². The first-order chi connectivity index (χ1) is 11.0. The van der Waals surface area contributed by atoms with Crippen molar-refractivity contribution >= 4 is 40.2 Å². The van der Waals surface area contributed by atoms with Crippen LogP contribution in [0.3, 0.4) is 0 Å². The lowest BCUT2D eigenvalue weighted by atomic mass is 10.1. The zero-order valence-corrected chi connectivity index (χ0v) is 14.4. The summed E-state index contributed by atoms with van der Waals surface area (Å²) in [5.74, 6) is -1.21. The van der Waals surface area contributed by atoms with Gasteiger partial charge in [-0.15, -0.1) is 0 Å². The predicted molar refractivity (Wildman–Crippen MR) is 91.9 cm³/mol. The van der Waals surface area contributed by atoms with Crippen molar-refractivity contribution in [3.8, 4) is 0 Å². The Kier molecular flexibility index (Phi) is 4.34. The van der Waals surface area contributed by atoms with Crippen LogP contribution in [0.4, 0.5) is 10.1 Å². The molecule has 1 amide bonds. The van der Waals surface area contributed by atoms with Crippen molar-refractivity contribution < 1.29 is 18.7 Å². The average Bonchev–Trinajstić information content (AvgIpc) is 2.93. The largest absolute Gasteiger partial charge is 0.467 e. The molecule has 0 saturated heterocycles. The number of esters is 1. The molecule has 3 rings (SSSR count). The lowest BCUT2D eigenvalue weighted by Crippen LogP contribution is -2.43. The summed E-state index contributed by atoms with van der Waals surface area (Å²) >= 11 is 1.92. The van der Waals surface area contributed by atoms with E-state index in [0.29, 0.717) is 21.2 Å². The molecule has 0 aliphatic carbocycles. The van der Waals surface area contributed by atoms with Gasteiger partial charge in [0.1, 0.15) is 11.9 Å². The summed E-state index contributed by atoms with van der Waals surface area (Å²) < 4.78 is 18.6. The van der Waals surface area contributed by atoms with Gasteiger partial charge in [-0.3, -0.25) is 9.69 Å². The first-order valence-corrected chi connectivity index (χ1v) is 8.05. The SMILES string of the molecule is COC(=O)C1Cc2ccccc2N1C(=O)c1ccc(F)cc1I. The third-order valence-electron chi connectivity index (χ3n) is 3.83. The monoisotopic (exact) mass is 425 g/mol. The van der Waals surface area contributed by atoms with Crippen molar-refractivity contribution in [2.24, 2.45) is 0 Å². The second kappa shape index (κ2) is 6.27. The fourth-order valence-electron chi connectivity index (χ4n) is 2.75. The summed E-state index contributed by atoms with van der Waals surface area (Å²) in [6.45, 7) is 0. The third-order valence-corrected chi connectivity index (χ3v) is 4.72. The van der Waals surface area contributed by atoms with Crippen LogP contribution in [-0.2, 0) is 16.0 Å². The standard InChI is InChI=1S/C17H13FINO3/c1-23-17(22)15-8-10-4-2-3-5-14(10)20(15)16(21)12-7-6-11(18)9-13(12)19/h2-7,9,15H,8H2,1H3. The molecule has 0 aromatic heterocycles. The first kappa shape index (κ1) is 15.9. The lowest BCUT2D eigenvalue weighted by Gasteiger charge is -2.24. The van der Waals surface area contributed by atoms with E-state index in [2.05, 4.69) is 0 Å². The Balaban J connectivity index is 2.06. The van der Waals surface area contributed by atoms with Crippen molar-refractivity contribution in [2.75, 3.05) is 12.0 Å². The van der Waals surface area contributed by atoms with E-state index in [0.717, 1.165) is 5.56 Å². The minimum atomic E-state index is -0.703. The number of carbonyl (C=O) groups excluding carboxylic acids is 2. The molecule has 1 unspecified atom stereocenters. The molecule has 1 aliphatic rings. The summed E-state index contributed by atoms with van der Waals surface area (Å²) in [6.07, 6.45) is 0.409. The van der Waals surface area contributed by atoms with E-state index >= 15 is 0 Å². The molecule has 4 nitrogen and oxygen atoms in total. The van der Waals surface area contributed by atoms with Gasteiger partial charge in [-0.05, 0) is 52.4 Å². The third kappa shape index (κ3) is 2.83. The van der Waals surface area contributed by atoms with Crippen LogP contribution < -0.4 is 4.90 Å². The van der Waals surface area contributed by atoms with Crippen LogP contribution in [0, 0.1) is 9.39 Å². The Morgan fingerprint density at radius 2 is 2.00 bits per heavy atom. The summed E-state index contributed by atoms with van der Waals surface area (Å²) in [7, 11) is 1.30. The molecule has 0 bridgehead atoms. The number of ether oxygens (including phenoxy) is 1.